The fourth-order valence-electron chi connectivity index (χ4n) is 1.14. The van der Waals surface area contributed by atoms with E-state index in [2.05, 4.69) is 10.2 Å². The topological polar surface area (TPSA) is 94.0 Å². The predicted octanol–water partition coefficient (Wildman–Crippen LogP) is 1.25. The minimum atomic E-state index is -0.809. The summed E-state index contributed by atoms with van der Waals surface area (Å²) in [5.74, 6) is -0.403. The first kappa shape index (κ1) is 12.8. The molecule has 90 valence electrons. The zero-order chi connectivity index (χ0) is 12.3. The maximum absolute atomic E-state index is 10.7. The zero-order valence-corrected chi connectivity index (χ0v) is 10.4. The molecule has 1 heterocycles. The van der Waals surface area contributed by atoms with Crippen LogP contribution in [0.5, 0.6) is 0 Å². The van der Waals surface area contributed by atoms with E-state index in [0.29, 0.717) is 16.9 Å². The smallest absolute Gasteiger partial charge is 0.307 e. The number of hydrogen-bond acceptors (Lipinski definition) is 5. The molecule has 1 rings (SSSR count). The van der Waals surface area contributed by atoms with Gasteiger partial charge in [0.05, 0.1) is 5.92 Å². The predicted molar refractivity (Wildman–Crippen MR) is 62.3 cm³/mol. The van der Waals surface area contributed by atoms with Crippen LogP contribution in [0.15, 0.2) is 5.16 Å². The third-order valence-electron chi connectivity index (χ3n) is 2.09. The molecule has 0 aromatic carbocycles. The van der Waals surface area contributed by atoms with Crippen LogP contribution in [0.4, 0.5) is 5.95 Å². The first-order chi connectivity index (χ1) is 7.43. The van der Waals surface area contributed by atoms with Gasteiger partial charge in [-0.2, -0.15) is 0 Å². The van der Waals surface area contributed by atoms with Crippen molar-refractivity contribution in [1.82, 2.24) is 14.8 Å². The van der Waals surface area contributed by atoms with Gasteiger partial charge in [0.1, 0.15) is 0 Å². The first-order valence-corrected chi connectivity index (χ1v) is 5.98. The molecule has 0 saturated carbocycles. The monoisotopic (exact) mass is 244 g/mol. The number of aliphatic carboxylic acids is 1. The number of nitrogens with zero attached hydrogens (tertiary/aromatic N) is 3. The highest BCUT2D eigenvalue weighted by molar-refractivity contribution is 7.99. The molecule has 0 aliphatic carbocycles. The zero-order valence-electron chi connectivity index (χ0n) is 9.54. The standard InChI is InChI=1S/C9H16N4O2S/c1-5(2)13-8(10)11-12-9(13)16-4-6(3)7(14)15/h5-6H,4H2,1-3H3,(H2,10,11)(H,14,15). The van der Waals surface area contributed by atoms with E-state index in [-0.39, 0.29) is 6.04 Å². The van der Waals surface area contributed by atoms with Crippen LogP contribution in [0.1, 0.15) is 26.8 Å². The molecule has 0 saturated heterocycles. The summed E-state index contributed by atoms with van der Waals surface area (Å²) in [6.07, 6.45) is 0. The number of rotatable bonds is 5. The van der Waals surface area contributed by atoms with Crippen molar-refractivity contribution < 1.29 is 9.90 Å². The van der Waals surface area contributed by atoms with Crippen LogP contribution in [0.3, 0.4) is 0 Å². The van der Waals surface area contributed by atoms with E-state index < -0.39 is 11.9 Å². The Hall–Kier alpha value is -1.24. The van der Waals surface area contributed by atoms with Crippen molar-refractivity contribution >= 4 is 23.7 Å². The fourth-order valence-corrected chi connectivity index (χ4v) is 2.23. The number of aromatic nitrogens is 3. The van der Waals surface area contributed by atoms with Crippen LogP contribution in [0.25, 0.3) is 0 Å². The molecule has 0 fully saturated rings. The summed E-state index contributed by atoms with van der Waals surface area (Å²) in [5, 5.41) is 17.1. The fraction of sp³-hybridized carbons (Fsp3) is 0.667. The summed E-state index contributed by atoms with van der Waals surface area (Å²) in [7, 11) is 0. The minimum Gasteiger partial charge on any atom is -0.481 e. The Bertz CT molecular complexity index is 378. The lowest BCUT2D eigenvalue weighted by Gasteiger charge is -2.11. The number of nitrogens with two attached hydrogens (primary N) is 1. The van der Waals surface area contributed by atoms with Crippen molar-refractivity contribution in [2.24, 2.45) is 5.92 Å². The molecule has 16 heavy (non-hydrogen) atoms. The highest BCUT2D eigenvalue weighted by Gasteiger charge is 2.16. The maximum atomic E-state index is 10.7. The molecule has 0 spiro atoms. The summed E-state index contributed by atoms with van der Waals surface area (Å²) in [6.45, 7) is 5.61. The van der Waals surface area contributed by atoms with E-state index >= 15 is 0 Å². The first-order valence-electron chi connectivity index (χ1n) is 4.99. The van der Waals surface area contributed by atoms with Crippen LogP contribution in [-0.4, -0.2) is 31.6 Å². The molecule has 1 aromatic rings. The van der Waals surface area contributed by atoms with Gasteiger partial charge in [-0.1, -0.05) is 18.7 Å². The molecule has 6 nitrogen and oxygen atoms in total. The molecule has 0 aliphatic rings. The van der Waals surface area contributed by atoms with Gasteiger partial charge < -0.3 is 10.8 Å². The lowest BCUT2D eigenvalue weighted by Crippen LogP contribution is -2.13. The second kappa shape index (κ2) is 5.20. The van der Waals surface area contributed by atoms with Crippen LogP contribution in [0, 0.1) is 5.92 Å². The molecule has 0 bridgehead atoms. The van der Waals surface area contributed by atoms with Gasteiger partial charge in [0.2, 0.25) is 5.95 Å². The second-order valence-electron chi connectivity index (χ2n) is 3.85. The number of carbonyl (C=O) groups is 1. The molecule has 0 radical (unpaired) electrons. The number of thioether (sulfide) groups is 1. The Morgan fingerprint density at radius 2 is 2.12 bits per heavy atom. The highest BCUT2D eigenvalue weighted by Crippen LogP contribution is 2.24. The normalized spacial score (nSPS) is 13.0. The van der Waals surface area contributed by atoms with Gasteiger partial charge in [-0.05, 0) is 13.8 Å². The van der Waals surface area contributed by atoms with Gasteiger partial charge in [-0.15, -0.1) is 10.2 Å². The largest absolute Gasteiger partial charge is 0.481 e. The lowest BCUT2D eigenvalue weighted by molar-refractivity contribution is -0.140. The summed E-state index contributed by atoms with van der Waals surface area (Å²) in [5.41, 5.74) is 5.67. The van der Waals surface area contributed by atoms with Crippen LogP contribution in [-0.2, 0) is 4.79 Å². The molecule has 1 unspecified atom stereocenters. The summed E-state index contributed by atoms with van der Waals surface area (Å²) >= 11 is 1.36. The summed E-state index contributed by atoms with van der Waals surface area (Å²) < 4.78 is 1.79. The molecule has 1 aromatic heterocycles. The molecular weight excluding hydrogens is 228 g/mol. The number of hydrogen-bond donors (Lipinski definition) is 2. The van der Waals surface area contributed by atoms with Crippen LogP contribution >= 0.6 is 11.8 Å². The Morgan fingerprint density at radius 1 is 1.50 bits per heavy atom. The van der Waals surface area contributed by atoms with E-state index in [1.54, 1.807) is 11.5 Å². The molecule has 7 heteroatoms. The van der Waals surface area contributed by atoms with Crippen molar-refractivity contribution in [3.05, 3.63) is 0 Å². The maximum Gasteiger partial charge on any atom is 0.307 e. The van der Waals surface area contributed by atoms with Crippen molar-refractivity contribution in [1.29, 1.82) is 0 Å². The Morgan fingerprint density at radius 3 is 2.62 bits per heavy atom. The molecule has 0 aliphatic heterocycles. The Kier molecular flexibility index (Phi) is 4.17. The highest BCUT2D eigenvalue weighted by atomic mass is 32.2. The number of carboxylic acids is 1. The third-order valence-corrected chi connectivity index (χ3v) is 3.29. The summed E-state index contributed by atoms with van der Waals surface area (Å²) in [6, 6.07) is 0.164. The van der Waals surface area contributed by atoms with Gasteiger partial charge >= 0.3 is 5.97 Å². The number of carboxylic acid groups (broad SMARTS) is 1. The van der Waals surface area contributed by atoms with Gasteiger partial charge in [-0.3, -0.25) is 9.36 Å². The summed E-state index contributed by atoms with van der Waals surface area (Å²) in [4.78, 5) is 10.7. The molecule has 1 atom stereocenters. The van der Waals surface area contributed by atoms with E-state index in [4.69, 9.17) is 10.8 Å². The van der Waals surface area contributed by atoms with Crippen molar-refractivity contribution in [3.63, 3.8) is 0 Å². The average molecular weight is 244 g/mol. The molecular formula is C9H16N4O2S. The number of nitrogen functional groups attached to an aromatic ring is 1. The molecule has 3 N–H and O–H groups in total. The quantitative estimate of drug-likeness (QED) is 0.757. The lowest BCUT2D eigenvalue weighted by atomic mass is 10.2. The Balaban J connectivity index is 2.71. The second-order valence-corrected chi connectivity index (χ2v) is 4.84. The van der Waals surface area contributed by atoms with E-state index in [1.165, 1.54) is 11.8 Å². The van der Waals surface area contributed by atoms with Crippen LogP contribution < -0.4 is 5.73 Å². The van der Waals surface area contributed by atoms with Gasteiger partial charge in [-0.25, -0.2) is 0 Å². The average Bonchev–Trinajstić information content (AvgIpc) is 2.55. The van der Waals surface area contributed by atoms with Crippen molar-refractivity contribution in [2.75, 3.05) is 11.5 Å². The van der Waals surface area contributed by atoms with E-state index in [9.17, 15) is 4.79 Å². The SMILES string of the molecule is CC(CSc1nnc(N)n1C(C)C)C(=O)O. The molecule has 0 amide bonds. The van der Waals surface area contributed by atoms with Crippen LogP contribution in [0.2, 0.25) is 0 Å². The number of anilines is 1. The van der Waals surface area contributed by atoms with Gasteiger partial charge in [0.25, 0.3) is 0 Å². The minimum absolute atomic E-state index is 0.164. The van der Waals surface area contributed by atoms with Crippen molar-refractivity contribution in [2.45, 2.75) is 32.0 Å². The Labute approximate surface area is 98.2 Å². The van der Waals surface area contributed by atoms with E-state index in [1.807, 2.05) is 13.8 Å². The van der Waals surface area contributed by atoms with Gasteiger partial charge in [0, 0.05) is 11.8 Å². The third kappa shape index (κ3) is 2.88. The van der Waals surface area contributed by atoms with Crippen molar-refractivity contribution in [3.8, 4) is 0 Å². The van der Waals surface area contributed by atoms with Gasteiger partial charge in [0.15, 0.2) is 5.16 Å². The van der Waals surface area contributed by atoms with E-state index in [0.717, 1.165) is 0 Å².